The molecule has 1 aromatic rings. The van der Waals surface area contributed by atoms with Crippen molar-refractivity contribution in [1.29, 1.82) is 0 Å². The van der Waals surface area contributed by atoms with Crippen LogP contribution in [0.1, 0.15) is 39.0 Å². The highest BCUT2D eigenvalue weighted by Gasteiger charge is 2.18. The summed E-state index contributed by atoms with van der Waals surface area (Å²) >= 11 is 3.37. The normalized spacial score (nSPS) is 17.4. The fraction of sp³-hybridized carbons (Fsp3) is 0.632. The van der Waals surface area contributed by atoms with Crippen LogP contribution in [0.5, 0.6) is 0 Å². The van der Waals surface area contributed by atoms with Gasteiger partial charge in [0.05, 0.1) is 10.8 Å². The minimum atomic E-state index is -1.03. The van der Waals surface area contributed by atoms with Gasteiger partial charge in [-0.15, -0.1) is 0 Å². The maximum Gasteiger partial charge on any atom is 0.220 e. The number of likely N-dealkylation sites (tertiary alicyclic amines) is 1. The summed E-state index contributed by atoms with van der Waals surface area (Å²) in [7, 11) is -1.03. The van der Waals surface area contributed by atoms with Gasteiger partial charge in [0, 0.05) is 28.1 Å². The molecule has 2 rings (SSSR count). The number of nitrogens with one attached hydrogen (secondary N) is 1. The number of carbonyl (C=O) groups excluding carboxylic acids is 1. The zero-order valence-electron chi connectivity index (χ0n) is 15.0. The highest BCUT2D eigenvalue weighted by atomic mass is 79.9. The van der Waals surface area contributed by atoms with Gasteiger partial charge < -0.3 is 10.2 Å². The van der Waals surface area contributed by atoms with Crippen molar-refractivity contribution < 1.29 is 9.00 Å². The van der Waals surface area contributed by atoms with E-state index in [1.54, 1.807) is 0 Å². The van der Waals surface area contributed by atoms with Crippen molar-refractivity contribution in [1.82, 2.24) is 10.2 Å². The molecule has 1 heterocycles. The molecule has 1 unspecified atom stereocenters. The third-order valence-corrected chi connectivity index (χ3v) is 6.63. The van der Waals surface area contributed by atoms with Crippen molar-refractivity contribution >= 4 is 32.6 Å². The molecule has 6 heteroatoms. The second kappa shape index (κ2) is 11.1. The summed E-state index contributed by atoms with van der Waals surface area (Å²) in [4.78, 5) is 15.3. The standard InChI is InChI=1S/C19H29BrN2O2S/c1-2-11-22-12-9-16(10-13-22)15-21-19(23)4-3-14-25(24)18-7-5-17(20)6-8-18/h5-8,16H,2-4,9-15H2,1H3,(H,21,23). The van der Waals surface area contributed by atoms with E-state index in [2.05, 4.69) is 33.1 Å². The number of hydrogen-bond acceptors (Lipinski definition) is 3. The van der Waals surface area contributed by atoms with Gasteiger partial charge in [-0.25, -0.2) is 0 Å². The molecule has 1 N–H and O–H groups in total. The number of nitrogens with zero attached hydrogens (tertiary/aromatic N) is 1. The van der Waals surface area contributed by atoms with Crippen LogP contribution in [-0.2, 0) is 15.6 Å². The Labute approximate surface area is 162 Å². The summed E-state index contributed by atoms with van der Waals surface area (Å²) in [5, 5.41) is 3.06. The van der Waals surface area contributed by atoms with Crippen molar-refractivity contribution in [2.75, 3.05) is 31.9 Å². The van der Waals surface area contributed by atoms with Crippen molar-refractivity contribution in [3.05, 3.63) is 28.7 Å². The van der Waals surface area contributed by atoms with Crippen LogP contribution in [0.3, 0.4) is 0 Å². The summed E-state index contributed by atoms with van der Waals surface area (Å²) in [6.07, 6.45) is 4.67. The van der Waals surface area contributed by atoms with Crippen LogP contribution >= 0.6 is 15.9 Å². The maximum atomic E-state index is 12.2. The van der Waals surface area contributed by atoms with E-state index in [9.17, 15) is 9.00 Å². The number of benzene rings is 1. The zero-order chi connectivity index (χ0) is 18.1. The summed E-state index contributed by atoms with van der Waals surface area (Å²) < 4.78 is 13.2. The molecule has 0 aromatic heterocycles. The lowest BCUT2D eigenvalue weighted by molar-refractivity contribution is -0.121. The smallest absolute Gasteiger partial charge is 0.220 e. The van der Waals surface area contributed by atoms with E-state index >= 15 is 0 Å². The molecule has 0 spiro atoms. The van der Waals surface area contributed by atoms with Gasteiger partial charge in [0.1, 0.15) is 0 Å². The number of hydrogen-bond donors (Lipinski definition) is 1. The van der Waals surface area contributed by atoms with Crippen LogP contribution in [0, 0.1) is 5.92 Å². The molecule has 140 valence electrons. The van der Waals surface area contributed by atoms with Gasteiger partial charge in [0.25, 0.3) is 0 Å². The largest absolute Gasteiger partial charge is 0.356 e. The molecule has 1 amide bonds. The van der Waals surface area contributed by atoms with Gasteiger partial charge in [0.15, 0.2) is 0 Å². The third-order valence-electron chi connectivity index (χ3n) is 4.64. The molecule has 0 saturated carbocycles. The predicted octanol–water partition coefficient (Wildman–Crippen LogP) is 3.58. The van der Waals surface area contributed by atoms with E-state index in [1.807, 2.05) is 24.3 Å². The summed E-state index contributed by atoms with van der Waals surface area (Å²) in [5.74, 6) is 1.22. The Morgan fingerprint density at radius 1 is 1.28 bits per heavy atom. The van der Waals surface area contributed by atoms with Crippen molar-refractivity contribution in [3.8, 4) is 0 Å². The van der Waals surface area contributed by atoms with E-state index in [-0.39, 0.29) is 5.91 Å². The second-order valence-electron chi connectivity index (χ2n) is 6.70. The van der Waals surface area contributed by atoms with Gasteiger partial charge in [-0.3, -0.25) is 9.00 Å². The molecule has 4 nitrogen and oxygen atoms in total. The summed E-state index contributed by atoms with van der Waals surface area (Å²) in [6, 6.07) is 7.52. The van der Waals surface area contributed by atoms with Crippen LogP contribution in [0.4, 0.5) is 0 Å². The third kappa shape index (κ3) is 7.59. The molecule has 25 heavy (non-hydrogen) atoms. The van der Waals surface area contributed by atoms with Gasteiger partial charge in [0.2, 0.25) is 5.91 Å². The summed E-state index contributed by atoms with van der Waals surface area (Å²) in [6.45, 7) is 6.50. The van der Waals surface area contributed by atoms with Gasteiger partial charge in [-0.2, -0.15) is 0 Å². The van der Waals surface area contributed by atoms with E-state index in [4.69, 9.17) is 0 Å². The number of halogens is 1. The van der Waals surface area contributed by atoms with E-state index < -0.39 is 10.8 Å². The molecular formula is C19H29BrN2O2S. The van der Waals surface area contributed by atoms with Crippen molar-refractivity contribution in [2.24, 2.45) is 5.92 Å². The maximum absolute atomic E-state index is 12.2. The molecule has 0 bridgehead atoms. The Kier molecular flexibility index (Phi) is 9.13. The van der Waals surface area contributed by atoms with E-state index in [0.29, 0.717) is 24.5 Å². The quantitative estimate of drug-likeness (QED) is 0.653. The molecule has 1 aliphatic rings. The van der Waals surface area contributed by atoms with Gasteiger partial charge in [-0.1, -0.05) is 22.9 Å². The zero-order valence-corrected chi connectivity index (χ0v) is 17.4. The number of piperidine rings is 1. The average molecular weight is 429 g/mol. The minimum Gasteiger partial charge on any atom is -0.356 e. The van der Waals surface area contributed by atoms with Crippen molar-refractivity contribution in [3.63, 3.8) is 0 Å². The molecule has 0 aliphatic carbocycles. The first kappa shape index (κ1) is 20.6. The first-order valence-electron chi connectivity index (χ1n) is 9.21. The molecule has 1 fully saturated rings. The number of carbonyl (C=O) groups is 1. The van der Waals surface area contributed by atoms with Crippen LogP contribution in [-0.4, -0.2) is 46.9 Å². The molecule has 1 aliphatic heterocycles. The van der Waals surface area contributed by atoms with Crippen LogP contribution < -0.4 is 5.32 Å². The lowest BCUT2D eigenvalue weighted by atomic mass is 9.96. The molecule has 1 atom stereocenters. The average Bonchev–Trinajstić information content (AvgIpc) is 2.62. The Balaban J connectivity index is 1.58. The molecule has 1 saturated heterocycles. The first-order chi connectivity index (χ1) is 12.1. The fourth-order valence-corrected chi connectivity index (χ4v) is 4.49. The lowest BCUT2D eigenvalue weighted by Gasteiger charge is -2.31. The van der Waals surface area contributed by atoms with Crippen LogP contribution in [0.2, 0.25) is 0 Å². The monoisotopic (exact) mass is 428 g/mol. The second-order valence-corrected chi connectivity index (χ2v) is 9.18. The van der Waals surface area contributed by atoms with E-state index in [0.717, 1.165) is 29.0 Å². The lowest BCUT2D eigenvalue weighted by Crippen LogP contribution is -2.38. The van der Waals surface area contributed by atoms with Crippen LogP contribution in [0.15, 0.2) is 33.6 Å². The van der Waals surface area contributed by atoms with Gasteiger partial charge >= 0.3 is 0 Å². The number of amides is 1. The summed E-state index contributed by atoms with van der Waals surface area (Å²) in [5.41, 5.74) is 0. The SMILES string of the molecule is CCCN1CCC(CNC(=O)CCCS(=O)c2ccc(Br)cc2)CC1. The Morgan fingerprint density at radius 3 is 2.60 bits per heavy atom. The van der Waals surface area contributed by atoms with E-state index in [1.165, 1.54) is 25.8 Å². The van der Waals surface area contributed by atoms with Crippen molar-refractivity contribution in [2.45, 2.75) is 43.9 Å². The van der Waals surface area contributed by atoms with Crippen LogP contribution in [0.25, 0.3) is 0 Å². The highest BCUT2D eigenvalue weighted by molar-refractivity contribution is 9.10. The Hall–Kier alpha value is -0.720. The fourth-order valence-electron chi connectivity index (χ4n) is 3.15. The molecular weight excluding hydrogens is 400 g/mol. The first-order valence-corrected chi connectivity index (χ1v) is 11.3. The molecule has 0 radical (unpaired) electrons. The molecule has 1 aromatic carbocycles. The Morgan fingerprint density at radius 2 is 1.96 bits per heavy atom. The highest BCUT2D eigenvalue weighted by Crippen LogP contribution is 2.17. The predicted molar refractivity (Wildman–Crippen MR) is 107 cm³/mol. The van der Waals surface area contributed by atoms with Gasteiger partial charge in [-0.05, 0) is 75.5 Å². The topological polar surface area (TPSA) is 49.4 Å². The Bertz CT molecular complexity index is 557. The minimum absolute atomic E-state index is 0.0868. The number of rotatable bonds is 9.